The average Bonchev–Trinajstić information content (AvgIpc) is 1.61. The molecule has 0 aromatic heterocycles. The topological polar surface area (TPSA) is 40.5 Å². The SMILES string of the molecule is CSCC(O)(O)C(F)(F)F. The molecule has 0 amide bonds. The van der Waals surface area contributed by atoms with Crippen molar-refractivity contribution in [2.45, 2.75) is 12.0 Å². The van der Waals surface area contributed by atoms with Crippen molar-refractivity contribution in [1.82, 2.24) is 0 Å². The van der Waals surface area contributed by atoms with Crippen molar-refractivity contribution >= 4 is 11.8 Å². The molecule has 0 aromatic rings. The third-order valence-electron chi connectivity index (χ3n) is 0.800. The number of rotatable bonds is 2. The number of halogens is 3. The fourth-order valence-corrected chi connectivity index (χ4v) is 0.849. The second kappa shape index (κ2) is 2.98. The first-order chi connectivity index (χ1) is 4.31. The van der Waals surface area contributed by atoms with Crippen molar-refractivity contribution in [2.75, 3.05) is 12.0 Å². The van der Waals surface area contributed by atoms with Gasteiger partial charge in [0.2, 0.25) is 0 Å². The monoisotopic (exact) mass is 176 g/mol. The molecule has 0 heterocycles. The first-order valence-electron chi connectivity index (χ1n) is 2.31. The van der Waals surface area contributed by atoms with E-state index >= 15 is 0 Å². The van der Waals surface area contributed by atoms with Gasteiger partial charge in [-0.3, -0.25) is 0 Å². The lowest BCUT2D eigenvalue weighted by Crippen LogP contribution is -2.47. The van der Waals surface area contributed by atoms with E-state index in [0.717, 1.165) is 0 Å². The summed E-state index contributed by atoms with van der Waals surface area (Å²) >= 11 is 0.715. The highest BCUT2D eigenvalue weighted by Crippen LogP contribution is 2.29. The minimum absolute atomic E-state index is 0.715. The van der Waals surface area contributed by atoms with Gasteiger partial charge in [0.25, 0.3) is 5.79 Å². The van der Waals surface area contributed by atoms with Crippen LogP contribution < -0.4 is 0 Å². The Morgan fingerprint density at radius 2 is 1.70 bits per heavy atom. The van der Waals surface area contributed by atoms with Gasteiger partial charge >= 0.3 is 6.18 Å². The summed E-state index contributed by atoms with van der Waals surface area (Å²) in [5.74, 6) is -4.32. The Morgan fingerprint density at radius 3 is 1.80 bits per heavy atom. The van der Waals surface area contributed by atoms with Crippen LogP contribution in [0, 0.1) is 0 Å². The van der Waals surface area contributed by atoms with Gasteiger partial charge in [-0.2, -0.15) is 24.9 Å². The van der Waals surface area contributed by atoms with Gasteiger partial charge in [-0.15, -0.1) is 0 Å². The maximum atomic E-state index is 11.5. The molecule has 0 bridgehead atoms. The van der Waals surface area contributed by atoms with E-state index in [1.807, 2.05) is 0 Å². The zero-order chi connectivity index (χ0) is 8.41. The van der Waals surface area contributed by atoms with Crippen LogP contribution >= 0.6 is 11.8 Å². The standard InChI is InChI=1S/C4H7F3O2S/c1-10-2-3(8,9)4(5,6)7/h8-9H,2H2,1H3. The second-order valence-corrected chi connectivity index (χ2v) is 2.61. The smallest absolute Gasteiger partial charge is 0.358 e. The summed E-state index contributed by atoms with van der Waals surface area (Å²) in [5.41, 5.74) is 0. The fourth-order valence-electron chi connectivity index (χ4n) is 0.283. The maximum absolute atomic E-state index is 11.5. The molecule has 2 N–H and O–H groups in total. The van der Waals surface area contributed by atoms with Crippen LogP contribution in [0.1, 0.15) is 0 Å². The Bertz CT molecular complexity index is 112. The Kier molecular flexibility index (Phi) is 3.00. The lowest BCUT2D eigenvalue weighted by molar-refractivity contribution is -0.336. The van der Waals surface area contributed by atoms with Crippen LogP contribution in [0.25, 0.3) is 0 Å². The lowest BCUT2D eigenvalue weighted by Gasteiger charge is -2.22. The first-order valence-corrected chi connectivity index (χ1v) is 3.71. The molecule has 6 heteroatoms. The summed E-state index contributed by atoms with van der Waals surface area (Å²) in [6.07, 6.45) is -3.61. The third-order valence-corrected chi connectivity index (χ3v) is 1.49. The van der Waals surface area contributed by atoms with Crippen LogP contribution in [-0.2, 0) is 0 Å². The molecule has 0 rings (SSSR count). The van der Waals surface area contributed by atoms with Crippen LogP contribution in [0.3, 0.4) is 0 Å². The quantitative estimate of drug-likeness (QED) is 0.605. The molecular formula is C4H7F3O2S. The van der Waals surface area contributed by atoms with Gasteiger partial charge in [0.1, 0.15) is 0 Å². The molecular weight excluding hydrogens is 169 g/mol. The van der Waals surface area contributed by atoms with Crippen molar-refractivity contribution in [3.05, 3.63) is 0 Å². The predicted octanol–water partition coefficient (Wildman–Crippen LogP) is 0.593. The predicted molar refractivity (Wildman–Crippen MR) is 31.6 cm³/mol. The van der Waals surface area contributed by atoms with Gasteiger partial charge in [0.15, 0.2) is 0 Å². The summed E-state index contributed by atoms with van der Waals surface area (Å²) < 4.78 is 34.5. The maximum Gasteiger partial charge on any atom is 0.443 e. The number of thioether (sulfide) groups is 1. The highest BCUT2D eigenvalue weighted by Gasteiger charge is 2.52. The lowest BCUT2D eigenvalue weighted by atomic mass is 10.3. The average molecular weight is 176 g/mol. The van der Waals surface area contributed by atoms with E-state index in [4.69, 9.17) is 10.2 Å². The molecule has 0 unspecified atom stereocenters. The van der Waals surface area contributed by atoms with Crippen LogP contribution in [0.15, 0.2) is 0 Å². The Labute approximate surface area is 60.0 Å². The Hall–Kier alpha value is 0.0600. The van der Waals surface area contributed by atoms with Gasteiger partial charge in [-0.1, -0.05) is 0 Å². The largest absolute Gasteiger partial charge is 0.443 e. The van der Waals surface area contributed by atoms with Crippen LogP contribution in [0.4, 0.5) is 13.2 Å². The van der Waals surface area contributed by atoms with Crippen molar-refractivity contribution in [3.63, 3.8) is 0 Å². The second-order valence-electron chi connectivity index (χ2n) is 1.75. The van der Waals surface area contributed by atoms with E-state index in [2.05, 4.69) is 0 Å². The molecule has 0 saturated carbocycles. The van der Waals surface area contributed by atoms with Gasteiger partial charge in [-0.05, 0) is 6.26 Å². The minimum Gasteiger partial charge on any atom is -0.358 e. The van der Waals surface area contributed by atoms with Crippen molar-refractivity contribution in [2.24, 2.45) is 0 Å². The molecule has 0 saturated heterocycles. The van der Waals surface area contributed by atoms with E-state index in [-0.39, 0.29) is 0 Å². The molecule has 62 valence electrons. The molecule has 0 spiro atoms. The molecule has 0 aliphatic carbocycles. The van der Waals surface area contributed by atoms with Gasteiger partial charge < -0.3 is 10.2 Å². The fraction of sp³-hybridized carbons (Fsp3) is 1.00. The van der Waals surface area contributed by atoms with Crippen molar-refractivity contribution < 1.29 is 23.4 Å². The minimum atomic E-state index is -4.96. The van der Waals surface area contributed by atoms with E-state index in [0.29, 0.717) is 11.8 Å². The van der Waals surface area contributed by atoms with Crippen LogP contribution in [0.5, 0.6) is 0 Å². The van der Waals surface area contributed by atoms with Gasteiger partial charge in [0.05, 0.1) is 5.75 Å². The summed E-state index contributed by atoms with van der Waals surface area (Å²) in [6, 6.07) is 0. The Morgan fingerprint density at radius 1 is 1.30 bits per heavy atom. The Balaban J connectivity index is 4.10. The van der Waals surface area contributed by atoms with E-state index in [1.54, 1.807) is 0 Å². The highest BCUT2D eigenvalue weighted by molar-refractivity contribution is 7.98. The molecule has 2 nitrogen and oxygen atoms in total. The van der Waals surface area contributed by atoms with Crippen molar-refractivity contribution in [1.29, 1.82) is 0 Å². The van der Waals surface area contributed by atoms with Crippen LogP contribution in [0.2, 0.25) is 0 Å². The van der Waals surface area contributed by atoms with Crippen LogP contribution in [-0.4, -0.2) is 34.2 Å². The van der Waals surface area contributed by atoms with E-state index in [1.165, 1.54) is 6.26 Å². The molecule has 0 aromatic carbocycles. The van der Waals surface area contributed by atoms with Gasteiger partial charge in [-0.25, -0.2) is 0 Å². The van der Waals surface area contributed by atoms with Crippen molar-refractivity contribution in [3.8, 4) is 0 Å². The molecule has 10 heavy (non-hydrogen) atoms. The van der Waals surface area contributed by atoms with E-state index < -0.39 is 17.7 Å². The molecule has 0 aliphatic heterocycles. The number of aliphatic hydroxyl groups is 2. The normalized spacial score (nSPS) is 13.8. The first kappa shape index (κ1) is 10.1. The number of alkyl halides is 3. The number of hydrogen-bond acceptors (Lipinski definition) is 3. The molecule has 0 atom stereocenters. The third kappa shape index (κ3) is 2.36. The zero-order valence-corrected chi connectivity index (χ0v) is 5.96. The molecule has 0 fully saturated rings. The summed E-state index contributed by atoms with van der Waals surface area (Å²) in [4.78, 5) is 0. The summed E-state index contributed by atoms with van der Waals surface area (Å²) in [7, 11) is 0. The molecule has 0 aliphatic rings. The zero-order valence-electron chi connectivity index (χ0n) is 5.14. The van der Waals surface area contributed by atoms with Gasteiger partial charge in [0, 0.05) is 0 Å². The summed E-state index contributed by atoms with van der Waals surface area (Å²) in [5, 5.41) is 16.5. The van der Waals surface area contributed by atoms with E-state index in [9.17, 15) is 13.2 Å². The highest BCUT2D eigenvalue weighted by atomic mass is 32.2. The number of hydrogen-bond donors (Lipinski definition) is 2. The summed E-state index contributed by atoms with van der Waals surface area (Å²) in [6.45, 7) is 0. The molecule has 0 radical (unpaired) electrons.